The monoisotopic (exact) mass is 293 g/mol. The zero-order valence-electron chi connectivity index (χ0n) is 11.0. The molecule has 0 bridgehead atoms. The standard InChI is InChI=1S/C11H19NO6S/c1-8(11(15)18-2)19(16,17)12-6-4-3-5-9(12)7-10(13)14/h8-9H,3-7H2,1-2H3,(H,13,14). The molecule has 0 radical (unpaired) electrons. The van der Waals surface area contributed by atoms with Crippen LogP contribution in [0.25, 0.3) is 0 Å². The number of ether oxygens (including phenoxy) is 1. The van der Waals surface area contributed by atoms with Crippen LogP contribution in [0.15, 0.2) is 0 Å². The van der Waals surface area contributed by atoms with Gasteiger partial charge in [-0.1, -0.05) is 6.42 Å². The number of carboxylic acid groups (broad SMARTS) is 1. The summed E-state index contributed by atoms with van der Waals surface area (Å²) in [6, 6.07) is -0.580. The van der Waals surface area contributed by atoms with E-state index in [1.165, 1.54) is 6.92 Å². The number of carbonyl (C=O) groups is 2. The van der Waals surface area contributed by atoms with Crippen molar-refractivity contribution in [3.05, 3.63) is 0 Å². The number of rotatable bonds is 5. The number of methoxy groups -OCH3 is 1. The highest BCUT2D eigenvalue weighted by molar-refractivity contribution is 7.90. The number of sulfonamides is 1. The highest BCUT2D eigenvalue weighted by Gasteiger charge is 2.40. The van der Waals surface area contributed by atoms with Crippen LogP contribution in [-0.2, 0) is 24.3 Å². The van der Waals surface area contributed by atoms with E-state index in [1.54, 1.807) is 0 Å². The zero-order valence-corrected chi connectivity index (χ0v) is 11.9. The minimum atomic E-state index is -3.87. The van der Waals surface area contributed by atoms with Gasteiger partial charge in [-0.25, -0.2) is 8.42 Å². The molecule has 0 aliphatic carbocycles. The SMILES string of the molecule is COC(=O)C(C)S(=O)(=O)N1CCCCC1CC(=O)O. The van der Waals surface area contributed by atoms with E-state index in [0.717, 1.165) is 17.8 Å². The molecule has 1 aliphatic rings. The highest BCUT2D eigenvalue weighted by atomic mass is 32.2. The molecule has 7 nitrogen and oxygen atoms in total. The van der Waals surface area contributed by atoms with Crippen molar-refractivity contribution in [3.8, 4) is 0 Å². The lowest BCUT2D eigenvalue weighted by Gasteiger charge is -2.35. The van der Waals surface area contributed by atoms with E-state index in [9.17, 15) is 18.0 Å². The molecule has 0 amide bonds. The normalized spacial score (nSPS) is 22.7. The number of aliphatic carboxylic acids is 1. The fourth-order valence-corrected chi connectivity index (χ4v) is 3.93. The van der Waals surface area contributed by atoms with Gasteiger partial charge >= 0.3 is 11.9 Å². The first-order valence-electron chi connectivity index (χ1n) is 6.11. The summed E-state index contributed by atoms with van der Waals surface area (Å²) in [5, 5.41) is 7.52. The Bertz CT molecular complexity index is 446. The molecule has 19 heavy (non-hydrogen) atoms. The van der Waals surface area contributed by atoms with Crippen LogP contribution in [0.1, 0.15) is 32.6 Å². The van der Waals surface area contributed by atoms with Crippen LogP contribution < -0.4 is 0 Å². The van der Waals surface area contributed by atoms with Gasteiger partial charge in [0, 0.05) is 12.6 Å². The first-order valence-corrected chi connectivity index (χ1v) is 7.61. The third-order valence-electron chi connectivity index (χ3n) is 3.29. The molecule has 0 saturated carbocycles. The lowest BCUT2D eigenvalue weighted by Crippen LogP contribution is -2.49. The number of carboxylic acids is 1. The summed E-state index contributed by atoms with van der Waals surface area (Å²) >= 11 is 0. The number of hydrogen-bond acceptors (Lipinski definition) is 5. The molecule has 1 aliphatic heterocycles. The van der Waals surface area contributed by atoms with Gasteiger partial charge in [0.1, 0.15) is 0 Å². The van der Waals surface area contributed by atoms with Gasteiger partial charge in [0.05, 0.1) is 13.5 Å². The lowest BCUT2D eigenvalue weighted by molar-refractivity contribution is -0.140. The fourth-order valence-electron chi connectivity index (χ4n) is 2.21. The molecular formula is C11H19NO6S. The number of piperidine rings is 1. The zero-order chi connectivity index (χ0) is 14.6. The second-order valence-electron chi connectivity index (χ2n) is 4.57. The molecule has 0 aromatic carbocycles. The minimum Gasteiger partial charge on any atom is -0.481 e. The molecule has 0 spiro atoms. The van der Waals surface area contributed by atoms with Crippen LogP contribution in [0, 0.1) is 0 Å². The molecule has 1 heterocycles. The van der Waals surface area contributed by atoms with Crippen molar-refractivity contribution in [1.29, 1.82) is 0 Å². The quantitative estimate of drug-likeness (QED) is 0.727. The molecule has 1 saturated heterocycles. The largest absolute Gasteiger partial charge is 0.481 e. The summed E-state index contributed by atoms with van der Waals surface area (Å²) < 4.78 is 30.2. The van der Waals surface area contributed by atoms with Gasteiger partial charge in [0.25, 0.3) is 0 Å². The molecule has 1 rings (SSSR count). The summed E-state index contributed by atoms with van der Waals surface area (Å²) in [5.74, 6) is -1.88. The summed E-state index contributed by atoms with van der Waals surface area (Å²) in [4.78, 5) is 22.2. The van der Waals surface area contributed by atoms with E-state index in [4.69, 9.17) is 5.11 Å². The predicted molar refractivity (Wildman–Crippen MR) is 67.0 cm³/mol. The molecular weight excluding hydrogens is 274 g/mol. The molecule has 110 valence electrons. The van der Waals surface area contributed by atoms with Gasteiger partial charge in [-0.2, -0.15) is 4.31 Å². The van der Waals surface area contributed by atoms with E-state index in [-0.39, 0.29) is 13.0 Å². The molecule has 8 heteroatoms. The Balaban J connectivity index is 2.95. The maximum absolute atomic E-state index is 12.3. The van der Waals surface area contributed by atoms with Crippen molar-refractivity contribution in [2.75, 3.05) is 13.7 Å². The molecule has 2 unspecified atom stereocenters. The van der Waals surface area contributed by atoms with E-state index >= 15 is 0 Å². The van der Waals surface area contributed by atoms with Crippen molar-refractivity contribution >= 4 is 22.0 Å². The van der Waals surface area contributed by atoms with Gasteiger partial charge in [-0.15, -0.1) is 0 Å². The van der Waals surface area contributed by atoms with Crippen LogP contribution in [0.2, 0.25) is 0 Å². The Labute approximate surface area is 112 Å². The third kappa shape index (κ3) is 3.66. The average Bonchev–Trinajstić information content (AvgIpc) is 2.36. The first kappa shape index (κ1) is 15.9. The van der Waals surface area contributed by atoms with Gasteiger partial charge in [-0.05, 0) is 19.8 Å². The minimum absolute atomic E-state index is 0.243. The van der Waals surface area contributed by atoms with E-state index in [1.807, 2.05) is 0 Å². The maximum Gasteiger partial charge on any atom is 0.325 e. The summed E-state index contributed by atoms with van der Waals surface area (Å²) in [6.07, 6.45) is 1.71. The van der Waals surface area contributed by atoms with Crippen LogP contribution >= 0.6 is 0 Å². The second-order valence-corrected chi connectivity index (χ2v) is 6.77. The van der Waals surface area contributed by atoms with E-state index in [0.29, 0.717) is 12.8 Å². The Kier molecular flexibility index (Phi) is 5.30. The first-order chi connectivity index (χ1) is 8.80. The van der Waals surface area contributed by atoms with Gasteiger partial charge in [0.15, 0.2) is 5.25 Å². The number of esters is 1. The van der Waals surface area contributed by atoms with Crippen LogP contribution in [0.3, 0.4) is 0 Å². The molecule has 1 fully saturated rings. The van der Waals surface area contributed by atoms with E-state index in [2.05, 4.69) is 4.74 Å². The van der Waals surface area contributed by atoms with Crippen molar-refractivity contribution < 1.29 is 27.9 Å². The second kappa shape index (κ2) is 6.33. The molecule has 0 aromatic heterocycles. The topological polar surface area (TPSA) is 101 Å². The van der Waals surface area contributed by atoms with Crippen molar-refractivity contribution in [2.24, 2.45) is 0 Å². The highest BCUT2D eigenvalue weighted by Crippen LogP contribution is 2.25. The Hall–Kier alpha value is -1.15. The van der Waals surface area contributed by atoms with Crippen molar-refractivity contribution in [2.45, 2.75) is 43.9 Å². The van der Waals surface area contributed by atoms with Gasteiger partial charge < -0.3 is 9.84 Å². The number of hydrogen-bond donors (Lipinski definition) is 1. The molecule has 2 atom stereocenters. The number of nitrogens with zero attached hydrogens (tertiary/aromatic N) is 1. The van der Waals surface area contributed by atoms with Crippen LogP contribution in [-0.4, -0.2) is 54.7 Å². The van der Waals surface area contributed by atoms with Crippen LogP contribution in [0.4, 0.5) is 0 Å². The van der Waals surface area contributed by atoms with Crippen LogP contribution in [0.5, 0.6) is 0 Å². The van der Waals surface area contributed by atoms with E-state index < -0.39 is 33.3 Å². The lowest BCUT2D eigenvalue weighted by atomic mass is 10.0. The Morgan fingerprint density at radius 1 is 1.42 bits per heavy atom. The summed E-state index contributed by atoms with van der Waals surface area (Å²) in [5.41, 5.74) is 0. The maximum atomic E-state index is 12.3. The van der Waals surface area contributed by atoms with Gasteiger partial charge in [-0.3, -0.25) is 9.59 Å². The van der Waals surface area contributed by atoms with Crippen molar-refractivity contribution in [1.82, 2.24) is 4.31 Å². The molecule has 0 aromatic rings. The number of carbonyl (C=O) groups excluding carboxylic acids is 1. The third-order valence-corrected chi connectivity index (χ3v) is 5.51. The Morgan fingerprint density at radius 3 is 2.58 bits per heavy atom. The smallest absolute Gasteiger partial charge is 0.325 e. The van der Waals surface area contributed by atoms with Gasteiger partial charge in [0.2, 0.25) is 10.0 Å². The summed E-state index contributed by atoms with van der Waals surface area (Å²) in [6.45, 7) is 1.51. The summed E-state index contributed by atoms with van der Waals surface area (Å²) in [7, 11) is -2.75. The Morgan fingerprint density at radius 2 is 2.05 bits per heavy atom. The fraction of sp³-hybridized carbons (Fsp3) is 0.818. The van der Waals surface area contributed by atoms with Crippen molar-refractivity contribution in [3.63, 3.8) is 0 Å². The average molecular weight is 293 g/mol. The molecule has 1 N–H and O–H groups in total. The predicted octanol–water partition coefficient (Wildman–Crippen LogP) is 0.207.